The Morgan fingerprint density at radius 1 is 1.53 bits per heavy atom. The maximum absolute atomic E-state index is 12.2. The predicted molar refractivity (Wildman–Crippen MR) is 66.7 cm³/mol. The number of carbonyl (C=O) groups excluding carboxylic acids is 1. The van der Waals surface area contributed by atoms with Gasteiger partial charge in [-0.05, 0) is 33.1 Å². The highest BCUT2D eigenvalue weighted by atomic mass is 32.2. The minimum absolute atomic E-state index is 0.200. The second-order valence-electron chi connectivity index (χ2n) is 4.51. The van der Waals surface area contributed by atoms with E-state index < -0.39 is 0 Å². The Hall–Kier alpha value is -1.04. The fourth-order valence-corrected chi connectivity index (χ4v) is 3.03. The number of rotatable bonds is 3. The number of piperidine rings is 1. The summed E-state index contributed by atoms with van der Waals surface area (Å²) in [5, 5.41) is 7.21. The van der Waals surface area contributed by atoms with E-state index in [1.807, 2.05) is 4.90 Å². The molecule has 0 radical (unpaired) electrons. The molecule has 2 heterocycles. The van der Waals surface area contributed by atoms with Crippen molar-refractivity contribution in [3.63, 3.8) is 0 Å². The number of aromatic nitrogens is 3. The van der Waals surface area contributed by atoms with E-state index in [0.717, 1.165) is 12.8 Å². The molecule has 2 rings (SSSR count). The molecule has 1 aliphatic heterocycles. The first-order chi connectivity index (χ1) is 8.18. The lowest BCUT2D eigenvalue weighted by atomic mass is 9.98. The molecule has 1 aromatic heterocycles. The zero-order valence-electron chi connectivity index (χ0n) is 10.2. The number of nitrogens with zero attached hydrogens (tertiary/aromatic N) is 3. The van der Waals surface area contributed by atoms with Crippen LogP contribution in [0.15, 0.2) is 11.5 Å². The second-order valence-corrected chi connectivity index (χ2v) is 5.47. The first-order valence-electron chi connectivity index (χ1n) is 5.98. The van der Waals surface area contributed by atoms with Crippen molar-refractivity contribution in [1.82, 2.24) is 20.1 Å². The summed E-state index contributed by atoms with van der Waals surface area (Å²) in [5.74, 6) is 0.634. The van der Waals surface area contributed by atoms with Gasteiger partial charge in [-0.2, -0.15) is 5.10 Å². The molecule has 1 saturated heterocycles. The second kappa shape index (κ2) is 5.53. The Balaban J connectivity index is 1.90. The zero-order chi connectivity index (χ0) is 12.3. The van der Waals surface area contributed by atoms with E-state index in [2.05, 4.69) is 29.0 Å². The third-order valence-electron chi connectivity index (χ3n) is 3.21. The van der Waals surface area contributed by atoms with Crippen LogP contribution in [-0.2, 0) is 4.79 Å². The Labute approximate surface area is 105 Å². The van der Waals surface area contributed by atoms with Gasteiger partial charge in [0.1, 0.15) is 6.33 Å². The normalized spacial score (nSPS) is 24.9. The topological polar surface area (TPSA) is 61.9 Å². The molecule has 0 aromatic carbocycles. The van der Waals surface area contributed by atoms with Gasteiger partial charge in [0.25, 0.3) is 0 Å². The van der Waals surface area contributed by atoms with Crippen LogP contribution in [-0.4, -0.2) is 43.8 Å². The maximum atomic E-state index is 12.2. The van der Waals surface area contributed by atoms with Crippen molar-refractivity contribution < 1.29 is 4.79 Å². The van der Waals surface area contributed by atoms with Crippen molar-refractivity contribution in [3.8, 4) is 0 Å². The standard InChI is InChI=1S/C11H18N4OS/c1-8-4-3-5-9(2)15(8)10(16)6-17-11-12-7-13-14-11/h7-9H,3-6H2,1-2H3,(H,12,13,14)/t8-,9-/m0/s1. The molecular formula is C11H18N4OS. The average molecular weight is 254 g/mol. The van der Waals surface area contributed by atoms with Gasteiger partial charge in [-0.25, -0.2) is 4.98 Å². The van der Waals surface area contributed by atoms with Crippen molar-refractivity contribution in [2.45, 2.75) is 50.4 Å². The third-order valence-corrected chi connectivity index (χ3v) is 4.07. The molecule has 0 unspecified atom stereocenters. The first kappa shape index (κ1) is 12.4. The lowest BCUT2D eigenvalue weighted by molar-refractivity contribution is -0.134. The van der Waals surface area contributed by atoms with Crippen molar-refractivity contribution in [2.24, 2.45) is 0 Å². The number of amides is 1. The average Bonchev–Trinajstić information content (AvgIpc) is 2.79. The van der Waals surface area contributed by atoms with E-state index in [1.165, 1.54) is 24.5 Å². The largest absolute Gasteiger partial charge is 0.337 e. The summed E-state index contributed by atoms with van der Waals surface area (Å²) >= 11 is 1.41. The molecule has 2 atom stereocenters. The molecule has 1 N–H and O–H groups in total. The quantitative estimate of drug-likeness (QED) is 0.834. The van der Waals surface area contributed by atoms with Gasteiger partial charge in [-0.3, -0.25) is 9.89 Å². The summed E-state index contributed by atoms with van der Waals surface area (Å²) in [6.45, 7) is 4.26. The molecule has 0 spiro atoms. The Bertz CT molecular complexity index is 358. The zero-order valence-corrected chi connectivity index (χ0v) is 11.0. The number of aromatic amines is 1. The highest BCUT2D eigenvalue weighted by molar-refractivity contribution is 7.99. The lowest BCUT2D eigenvalue weighted by Crippen LogP contribution is -2.48. The van der Waals surface area contributed by atoms with Gasteiger partial charge in [0.2, 0.25) is 5.91 Å². The number of nitrogens with one attached hydrogen (secondary N) is 1. The van der Waals surface area contributed by atoms with Crippen LogP contribution in [0.5, 0.6) is 0 Å². The predicted octanol–water partition coefficient (Wildman–Crippen LogP) is 1.69. The molecule has 0 saturated carbocycles. The van der Waals surface area contributed by atoms with Crippen LogP contribution in [0, 0.1) is 0 Å². The molecule has 1 amide bonds. The molecule has 6 heteroatoms. The Kier molecular flexibility index (Phi) is 4.04. The summed E-state index contributed by atoms with van der Waals surface area (Å²) in [7, 11) is 0. The van der Waals surface area contributed by atoms with Crippen LogP contribution >= 0.6 is 11.8 Å². The molecule has 94 valence electrons. The monoisotopic (exact) mass is 254 g/mol. The van der Waals surface area contributed by atoms with E-state index in [4.69, 9.17) is 0 Å². The molecule has 1 aromatic rings. The van der Waals surface area contributed by atoms with Gasteiger partial charge < -0.3 is 4.90 Å². The number of hydrogen-bond acceptors (Lipinski definition) is 4. The summed E-state index contributed by atoms with van der Waals surface area (Å²) < 4.78 is 0. The fraction of sp³-hybridized carbons (Fsp3) is 0.727. The van der Waals surface area contributed by atoms with E-state index in [0.29, 0.717) is 23.0 Å². The van der Waals surface area contributed by atoms with Crippen molar-refractivity contribution in [2.75, 3.05) is 5.75 Å². The van der Waals surface area contributed by atoms with Gasteiger partial charge in [-0.1, -0.05) is 11.8 Å². The minimum Gasteiger partial charge on any atom is -0.337 e. The Morgan fingerprint density at radius 3 is 2.82 bits per heavy atom. The smallest absolute Gasteiger partial charge is 0.233 e. The van der Waals surface area contributed by atoms with Crippen LogP contribution < -0.4 is 0 Å². The van der Waals surface area contributed by atoms with Crippen LogP contribution in [0.2, 0.25) is 0 Å². The van der Waals surface area contributed by atoms with Crippen LogP contribution in [0.1, 0.15) is 33.1 Å². The van der Waals surface area contributed by atoms with E-state index in [-0.39, 0.29) is 5.91 Å². The third kappa shape index (κ3) is 3.00. The van der Waals surface area contributed by atoms with E-state index in [9.17, 15) is 4.79 Å². The van der Waals surface area contributed by atoms with Gasteiger partial charge in [0, 0.05) is 12.1 Å². The molecule has 1 aliphatic rings. The van der Waals surface area contributed by atoms with Crippen LogP contribution in [0.3, 0.4) is 0 Å². The molecular weight excluding hydrogens is 236 g/mol. The van der Waals surface area contributed by atoms with Crippen LogP contribution in [0.25, 0.3) is 0 Å². The fourth-order valence-electron chi connectivity index (χ4n) is 2.38. The SMILES string of the molecule is C[C@H]1CCC[C@H](C)N1C(=O)CSc1ncn[nH]1. The van der Waals surface area contributed by atoms with Gasteiger partial charge >= 0.3 is 0 Å². The first-order valence-corrected chi connectivity index (χ1v) is 6.96. The number of thioether (sulfide) groups is 1. The highest BCUT2D eigenvalue weighted by Gasteiger charge is 2.28. The van der Waals surface area contributed by atoms with Gasteiger partial charge in [0.15, 0.2) is 5.16 Å². The summed E-state index contributed by atoms with van der Waals surface area (Å²) in [6.07, 6.45) is 4.91. The molecule has 17 heavy (non-hydrogen) atoms. The molecule has 5 nitrogen and oxygen atoms in total. The lowest BCUT2D eigenvalue weighted by Gasteiger charge is -2.39. The molecule has 0 aliphatic carbocycles. The summed E-state index contributed by atoms with van der Waals surface area (Å²) in [6, 6.07) is 0.725. The number of carbonyl (C=O) groups is 1. The number of likely N-dealkylation sites (tertiary alicyclic amines) is 1. The molecule has 0 bridgehead atoms. The Morgan fingerprint density at radius 2 is 2.24 bits per heavy atom. The summed E-state index contributed by atoms with van der Waals surface area (Å²) in [5.41, 5.74) is 0. The van der Waals surface area contributed by atoms with E-state index >= 15 is 0 Å². The van der Waals surface area contributed by atoms with Gasteiger partial charge in [0.05, 0.1) is 5.75 Å². The highest BCUT2D eigenvalue weighted by Crippen LogP contribution is 2.24. The van der Waals surface area contributed by atoms with E-state index in [1.54, 1.807) is 0 Å². The van der Waals surface area contributed by atoms with Crippen molar-refractivity contribution in [3.05, 3.63) is 6.33 Å². The van der Waals surface area contributed by atoms with Crippen molar-refractivity contribution in [1.29, 1.82) is 0 Å². The minimum atomic E-state index is 0.200. The summed E-state index contributed by atoms with van der Waals surface area (Å²) in [4.78, 5) is 18.2. The number of H-pyrrole nitrogens is 1. The maximum Gasteiger partial charge on any atom is 0.233 e. The van der Waals surface area contributed by atoms with Crippen LogP contribution in [0.4, 0.5) is 0 Å². The molecule has 1 fully saturated rings. The number of hydrogen-bond donors (Lipinski definition) is 1. The van der Waals surface area contributed by atoms with Gasteiger partial charge in [-0.15, -0.1) is 0 Å². The van der Waals surface area contributed by atoms with Crippen molar-refractivity contribution >= 4 is 17.7 Å².